The number of imidazole rings is 1. The highest BCUT2D eigenvalue weighted by molar-refractivity contribution is 5.75. The highest BCUT2D eigenvalue weighted by Gasteiger charge is 2.30. The number of nitrogens with one attached hydrogen (secondary N) is 2. The molecule has 8 nitrogen and oxygen atoms in total. The summed E-state index contributed by atoms with van der Waals surface area (Å²) in [5.74, 6) is 0.964. The number of halogens is 3. The zero-order valence-corrected chi connectivity index (χ0v) is 15.9. The first-order chi connectivity index (χ1) is 14.9. The molecule has 2 N–H and O–H groups in total. The van der Waals surface area contributed by atoms with Crippen LogP contribution in [0.1, 0.15) is 5.82 Å². The van der Waals surface area contributed by atoms with Crippen LogP contribution in [0.2, 0.25) is 0 Å². The Morgan fingerprint density at radius 2 is 2.03 bits per heavy atom. The van der Waals surface area contributed by atoms with Gasteiger partial charge in [-0.25, -0.2) is 9.97 Å². The third-order valence-electron chi connectivity index (χ3n) is 4.85. The molecule has 0 bridgehead atoms. The van der Waals surface area contributed by atoms with E-state index in [-0.39, 0.29) is 17.2 Å². The fourth-order valence-electron chi connectivity index (χ4n) is 3.49. The fourth-order valence-corrected chi connectivity index (χ4v) is 3.49. The number of alkyl halides is 3. The van der Waals surface area contributed by atoms with Gasteiger partial charge in [-0.05, 0) is 29.8 Å². The Kier molecular flexibility index (Phi) is 4.38. The van der Waals surface area contributed by atoms with Gasteiger partial charge in [0, 0.05) is 18.0 Å². The molecule has 0 spiro atoms. The first-order valence-electron chi connectivity index (χ1n) is 9.38. The zero-order chi connectivity index (χ0) is 21.6. The number of benzene rings is 1. The molecular formula is C20H15F3N6O2. The predicted molar refractivity (Wildman–Crippen MR) is 104 cm³/mol. The molecule has 0 atom stereocenters. The molecule has 4 aromatic rings. The summed E-state index contributed by atoms with van der Waals surface area (Å²) < 4.78 is 45.5. The van der Waals surface area contributed by atoms with Crippen molar-refractivity contribution in [2.45, 2.75) is 19.1 Å². The van der Waals surface area contributed by atoms with E-state index in [2.05, 4.69) is 25.1 Å². The number of aromatic nitrogens is 6. The number of fused-ring (bicyclic) bond motifs is 3. The number of nitrogens with zero attached hydrogens (tertiary/aromatic N) is 4. The predicted octanol–water partition coefficient (Wildman–Crippen LogP) is 3.19. The Labute approximate surface area is 172 Å². The topological polar surface area (TPSA) is 101 Å². The average Bonchev–Trinajstić information content (AvgIpc) is 3.31. The second-order valence-corrected chi connectivity index (χ2v) is 7.01. The molecule has 0 radical (unpaired) electrons. The van der Waals surface area contributed by atoms with Crippen LogP contribution in [0.15, 0.2) is 47.5 Å². The maximum Gasteiger partial charge on any atom is 0.396 e. The van der Waals surface area contributed by atoms with E-state index in [0.29, 0.717) is 47.1 Å². The smallest absolute Gasteiger partial charge is 0.396 e. The Balaban J connectivity index is 1.56. The van der Waals surface area contributed by atoms with Crippen molar-refractivity contribution >= 4 is 0 Å². The lowest BCUT2D eigenvalue weighted by Gasteiger charge is -2.08. The van der Waals surface area contributed by atoms with E-state index in [1.54, 1.807) is 36.7 Å². The molecule has 3 aromatic heterocycles. The molecule has 0 aliphatic carbocycles. The number of hydrogen-bond acceptors (Lipinski definition) is 5. The molecule has 11 heteroatoms. The first-order valence-corrected chi connectivity index (χ1v) is 9.38. The highest BCUT2D eigenvalue weighted by atomic mass is 19.4. The van der Waals surface area contributed by atoms with Crippen molar-refractivity contribution < 1.29 is 17.9 Å². The van der Waals surface area contributed by atoms with E-state index < -0.39 is 12.6 Å². The van der Waals surface area contributed by atoms with Gasteiger partial charge in [0.25, 0.3) is 5.56 Å². The van der Waals surface area contributed by atoms with Crippen LogP contribution >= 0.6 is 0 Å². The van der Waals surface area contributed by atoms with Gasteiger partial charge >= 0.3 is 6.18 Å². The Bertz CT molecular complexity index is 1320. The molecule has 0 unspecified atom stereocenters. The van der Waals surface area contributed by atoms with Crippen molar-refractivity contribution in [3.05, 3.63) is 58.9 Å². The molecular weight excluding hydrogens is 413 g/mol. The largest absolute Gasteiger partial charge is 0.491 e. The quantitative estimate of drug-likeness (QED) is 0.522. The van der Waals surface area contributed by atoms with Gasteiger partial charge in [0.15, 0.2) is 11.6 Å². The summed E-state index contributed by atoms with van der Waals surface area (Å²) in [6.07, 6.45) is -2.37. The summed E-state index contributed by atoms with van der Waals surface area (Å²) in [7, 11) is 0. The third-order valence-corrected chi connectivity index (χ3v) is 4.85. The second-order valence-electron chi connectivity index (χ2n) is 7.01. The minimum absolute atomic E-state index is 0.151. The lowest BCUT2D eigenvalue weighted by Crippen LogP contribution is -2.12. The summed E-state index contributed by atoms with van der Waals surface area (Å²) in [4.78, 5) is 23.3. The van der Waals surface area contributed by atoms with Crippen LogP contribution in [-0.2, 0) is 13.0 Å². The number of H-pyrrole nitrogens is 2. The van der Waals surface area contributed by atoms with Crippen molar-refractivity contribution in [3.63, 3.8) is 0 Å². The summed E-state index contributed by atoms with van der Waals surface area (Å²) in [5.41, 5.74) is 2.00. The SMILES string of the molecule is O=c1[nH]cccc1-c1ccc2c(c1)-c1nc(-c3nc(CC(F)(F)F)n[nH]3)cn1CCO2. The third kappa shape index (κ3) is 3.69. The van der Waals surface area contributed by atoms with Crippen LogP contribution < -0.4 is 10.3 Å². The molecule has 0 saturated heterocycles. The molecule has 31 heavy (non-hydrogen) atoms. The lowest BCUT2D eigenvalue weighted by molar-refractivity contribution is -0.128. The van der Waals surface area contributed by atoms with Gasteiger partial charge in [-0.1, -0.05) is 6.07 Å². The van der Waals surface area contributed by atoms with E-state index >= 15 is 0 Å². The molecule has 0 saturated carbocycles. The molecule has 0 amide bonds. The van der Waals surface area contributed by atoms with Gasteiger partial charge in [0.05, 0.1) is 12.1 Å². The summed E-state index contributed by atoms with van der Waals surface area (Å²) in [5, 5.41) is 6.17. The molecule has 158 valence electrons. The second kappa shape index (κ2) is 7.11. The van der Waals surface area contributed by atoms with Crippen LogP contribution in [0.25, 0.3) is 34.0 Å². The van der Waals surface area contributed by atoms with Crippen LogP contribution in [-0.4, -0.2) is 42.5 Å². The Morgan fingerprint density at radius 1 is 1.16 bits per heavy atom. The van der Waals surface area contributed by atoms with Gasteiger partial charge in [-0.15, -0.1) is 0 Å². The van der Waals surface area contributed by atoms with Crippen molar-refractivity contribution in [2.75, 3.05) is 6.61 Å². The number of aromatic amines is 2. The molecule has 0 fully saturated rings. The molecule has 1 aromatic carbocycles. The number of hydrogen-bond donors (Lipinski definition) is 2. The zero-order valence-electron chi connectivity index (χ0n) is 15.9. The maximum atomic E-state index is 12.6. The Morgan fingerprint density at radius 3 is 2.84 bits per heavy atom. The number of pyridine rings is 1. The number of rotatable bonds is 3. The Hall–Kier alpha value is -3.89. The van der Waals surface area contributed by atoms with Crippen LogP contribution in [0, 0.1) is 0 Å². The standard InChI is InChI=1S/C20H15F3N6O2/c21-20(22,23)9-16-26-17(28-27-16)14-10-29-6-7-31-15-4-3-11(8-13(15)18(29)25-14)12-2-1-5-24-19(12)30/h1-5,8,10H,6-7,9H2,(H,24,30)(H,26,27,28). The number of ether oxygens (including phenoxy) is 1. The minimum Gasteiger partial charge on any atom is -0.491 e. The maximum absolute atomic E-state index is 12.6. The first kappa shape index (κ1) is 19.1. The fraction of sp³-hybridized carbons (Fsp3) is 0.200. The van der Waals surface area contributed by atoms with Crippen LogP contribution in [0.4, 0.5) is 13.2 Å². The van der Waals surface area contributed by atoms with Gasteiger partial charge in [0.1, 0.15) is 30.3 Å². The van der Waals surface area contributed by atoms with Gasteiger partial charge in [-0.3, -0.25) is 9.89 Å². The monoisotopic (exact) mass is 428 g/mol. The van der Waals surface area contributed by atoms with Gasteiger partial charge in [0.2, 0.25) is 0 Å². The van der Waals surface area contributed by atoms with Crippen molar-refractivity contribution in [3.8, 4) is 39.8 Å². The summed E-state index contributed by atoms with van der Waals surface area (Å²) in [6, 6.07) is 8.83. The van der Waals surface area contributed by atoms with Gasteiger partial charge < -0.3 is 14.3 Å². The van der Waals surface area contributed by atoms with E-state index in [1.165, 1.54) is 0 Å². The van der Waals surface area contributed by atoms with Crippen molar-refractivity contribution in [2.24, 2.45) is 0 Å². The summed E-state index contributed by atoms with van der Waals surface area (Å²) >= 11 is 0. The highest BCUT2D eigenvalue weighted by Crippen LogP contribution is 2.36. The average molecular weight is 428 g/mol. The van der Waals surface area contributed by atoms with E-state index in [1.807, 2.05) is 10.6 Å². The van der Waals surface area contributed by atoms with E-state index in [9.17, 15) is 18.0 Å². The molecule has 1 aliphatic heterocycles. The lowest BCUT2D eigenvalue weighted by atomic mass is 10.0. The molecule has 5 rings (SSSR count). The minimum atomic E-state index is -4.40. The van der Waals surface area contributed by atoms with Crippen molar-refractivity contribution in [1.29, 1.82) is 0 Å². The van der Waals surface area contributed by atoms with Crippen LogP contribution in [0.5, 0.6) is 5.75 Å². The molecule has 1 aliphatic rings. The van der Waals surface area contributed by atoms with Crippen molar-refractivity contribution in [1.82, 2.24) is 29.7 Å². The van der Waals surface area contributed by atoms with Crippen LogP contribution in [0.3, 0.4) is 0 Å². The molecule has 4 heterocycles. The van der Waals surface area contributed by atoms with E-state index in [0.717, 1.165) is 0 Å². The van der Waals surface area contributed by atoms with E-state index in [4.69, 9.17) is 4.74 Å². The normalized spacial score (nSPS) is 13.3. The summed E-state index contributed by atoms with van der Waals surface area (Å²) in [6.45, 7) is 0.874. The van der Waals surface area contributed by atoms with Gasteiger partial charge in [-0.2, -0.15) is 18.3 Å².